The first-order chi connectivity index (χ1) is 6.93. The van der Waals surface area contributed by atoms with E-state index in [4.69, 9.17) is 5.11 Å². The monoisotopic (exact) mass is 231 g/mol. The Morgan fingerprint density at radius 1 is 1.47 bits per heavy atom. The molecule has 1 heterocycles. The standard InChI is InChI=1S/C7H9N3O4S/c1-5-6(9-3-2-8-5)15(13,14)4-10-7(11)12/h2-3,10H,4H2,1H3,(H,11,12). The van der Waals surface area contributed by atoms with Crippen molar-refractivity contribution in [2.45, 2.75) is 11.9 Å². The van der Waals surface area contributed by atoms with E-state index in [2.05, 4.69) is 9.97 Å². The maximum atomic E-state index is 11.5. The maximum Gasteiger partial charge on any atom is 0.405 e. The fourth-order valence-corrected chi connectivity index (χ4v) is 2.10. The van der Waals surface area contributed by atoms with E-state index in [-0.39, 0.29) is 10.7 Å². The molecule has 0 spiro atoms. The minimum Gasteiger partial charge on any atom is -0.465 e. The Kier molecular flexibility index (Phi) is 3.20. The van der Waals surface area contributed by atoms with Gasteiger partial charge in [-0.3, -0.25) is 4.98 Å². The minimum absolute atomic E-state index is 0.209. The highest BCUT2D eigenvalue weighted by Crippen LogP contribution is 2.08. The molecule has 0 aliphatic rings. The molecule has 1 aromatic heterocycles. The van der Waals surface area contributed by atoms with E-state index in [1.807, 2.05) is 0 Å². The predicted octanol–water partition coefficient (Wildman–Crippen LogP) is -0.216. The van der Waals surface area contributed by atoms with Crippen LogP contribution in [-0.2, 0) is 9.84 Å². The zero-order chi connectivity index (χ0) is 11.5. The smallest absolute Gasteiger partial charge is 0.405 e. The minimum atomic E-state index is -3.75. The molecule has 0 fully saturated rings. The van der Waals surface area contributed by atoms with Crippen molar-refractivity contribution in [1.82, 2.24) is 15.3 Å². The van der Waals surface area contributed by atoms with Gasteiger partial charge in [-0.25, -0.2) is 18.2 Å². The Morgan fingerprint density at radius 3 is 2.60 bits per heavy atom. The molecule has 0 atom stereocenters. The van der Waals surface area contributed by atoms with E-state index in [0.717, 1.165) is 0 Å². The lowest BCUT2D eigenvalue weighted by Gasteiger charge is -2.04. The molecule has 1 amide bonds. The second-order valence-electron chi connectivity index (χ2n) is 2.69. The molecule has 0 aromatic carbocycles. The summed E-state index contributed by atoms with van der Waals surface area (Å²) < 4.78 is 23.1. The number of amides is 1. The number of aryl methyl sites for hydroxylation is 1. The Balaban J connectivity index is 2.97. The van der Waals surface area contributed by atoms with Crippen molar-refractivity contribution < 1.29 is 18.3 Å². The molecule has 1 rings (SSSR count). The van der Waals surface area contributed by atoms with E-state index in [9.17, 15) is 13.2 Å². The molecule has 2 N–H and O–H groups in total. The molecular formula is C7H9N3O4S. The highest BCUT2D eigenvalue weighted by atomic mass is 32.2. The highest BCUT2D eigenvalue weighted by Gasteiger charge is 2.19. The van der Waals surface area contributed by atoms with Gasteiger partial charge in [-0.2, -0.15) is 0 Å². The fourth-order valence-electron chi connectivity index (χ4n) is 0.925. The number of rotatable bonds is 3. The molecule has 82 valence electrons. The molecular weight excluding hydrogens is 222 g/mol. The molecule has 8 heteroatoms. The first-order valence-electron chi connectivity index (χ1n) is 3.90. The van der Waals surface area contributed by atoms with Crippen LogP contribution < -0.4 is 5.32 Å². The van der Waals surface area contributed by atoms with Gasteiger partial charge in [-0.15, -0.1) is 0 Å². The Bertz CT molecular complexity index is 471. The van der Waals surface area contributed by atoms with E-state index in [1.54, 1.807) is 5.32 Å². The summed E-state index contributed by atoms with van der Waals surface area (Å²) in [6.45, 7) is 1.49. The summed E-state index contributed by atoms with van der Waals surface area (Å²) in [5.41, 5.74) is 0.240. The van der Waals surface area contributed by atoms with Gasteiger partial charge in [0.1, 0.15) is 5.88 Å². The zero-order valence-electron chi connectivity index (χ0n) is 7.84. The Labute approximate surface area is 86.1 Å². The van der Waals surface area contributed by atoms with Crippen molar-refractivity contribution in [2.24, 2.45) is 0 Å². The summed E-state index contributed by atoms with van der Waals surface area (Å²) in [6, 6.07) is 0. The van der Waals surface area contributed by atoms with E-state index in [1.165, 1.54) is 19.3 Å². The number of nitrogens with one attached hydrogen (secondary N) is 1. The molecule has 0 aliphatic heterocycles. The van der Waals surface area contributed by atoms with Gasteiger partial charge in [-0.1, -0.05) is 0 Å². The van der Waals surface area contributed by atoms with Gasteiger partial charge in [0.05, 0.1) is 5.69 Å². The van der Waals surface area contributed by atoms with Crippen LogP contribution >= 0.6 is 0 Å². The van der Waals surface area contributed by atoms with E-state index >= 15 is 0 Å². The van der Waals surface area contributed by atoms with Crippen LogP contribution in [0.5, 0.6) is 0 Å². The number of nitrogens with zero attached hydrogens (tertiary/aromatic N) is 2. The van der Waals surface area contributed by atoms with Crippen molar-refractivity contribution in [3.63, 3.8) is 0 Å². The average Bonchev–Trinajstić information content (AvgIpc) is 2.15. The molecule has 0 unspecified atom stereocenters. The summed E-state index contributed by atoms with van der Waals surface area (Å²) in [5.74, 6) is -0.706. The number of sulfone groups is 1. The van der Waals surface area contributed by atoms with Gasteiger partial charge in [0.25, 0.3) is 0 Å². The second-order valence-corrected chi connectivity index (χ2v) is 4.59. The SMILES string of the molecule is Cc1nccnc1S(=O)(=O)CNC(=O)O. The molecule has 15 heavy (non-hydrogen) atoms. The topological polar surface area (TPSA) is 109 Å². The second kappa shape index (κ2) is 4.22. The summed E-state index contributed by atoms with van der Waals surface area (Å²) >= 11 is 0. The molecule has 0 saturated carbocycles. The van der Waals surface area contributed by atoms with Gasteiger partial charge in [0, 0.05) is 12.4 Å². The average molecular weight is 231 g/mol. The van der Waals surface area contributed by atoms with Gasteiger partial charge in [0.15, 0.2) is 5.03 Å². The summed E-state index contributed by atoms with van der Waals surface area (Å²) in [6.07, 6.45) is 1.19. The van der Waals surface area contributed by atoms with Crippen LogP contribution in [0.3, 0.4) is 0 Å². The number of carbonyl (C=O) groups is 1. The van der Waals surface area contributed by atoms with Crippen LogP contribution in [0.2, 0.25) is 0 Å². The molecule has 0 aliphatic carbocycles. The van der Waals surface area contributed by atoms with Gasteiger partial charge < -0.3 is 10.4 Å². The van der Waals surface area contributed by atoms with Crippen LogP contribution in [0.25, 0.3) is 0 Å². The third-order valence-electron chi connectivity index (χ3n) is 1.54. The predicted molar refractivity (Wildman–Crippen MR) is 50.0 cm³/mol. The number of carboxylic acid groups (broad SMARTS) is 1. The lowest BCUT2D eigenvalue weighted by molar-refractivity contribution is 0.196. The first kappa shape index (κ1) is 11.4. The largest absolute Gasteiger partial charge is 0.465 e. The fraction of sp³-hybridized carbons (Fsp3) is 0.286. The quantitative estimate of drug-likeness (QED) is 0.744. The zero-order valence-corrected chi connectivity index (χ0v) is 8.65. The van der Waals surface area contributed by atoms with Crippen molar-refractivity contribution >= 4 is 15.9 Å². The van der Waals surface area contributed by atoms with Crippen molar-refractivity contribution in [2.75, 3.05) is 5.88 Å². The summed E-state index contributed by atoms with van der Waals surface area (Å²) in [7, 11) is -3.75. The van der Waals surface area contributed by atoms with Crippen molar-refractivity contribution in [3.8, 4) is 0 Å². The van der Waals surface area contributed by atoms with Gasteiger partial charge >= 0.3 is 6.09 Å². The Hall–Kier alpha value is -1.70. The highest BCUT2D eigenvalue weighted by molar-refractivity contribution is 7.91. The molecule has 1 aromatic rings. The van der Waals surface area contributed by atoms with Crippen LogP contribution in [0.4, 0.5) is 4.79 Å². The van der Waals surface area contributed by atoms with Crippen LogP contribution in [0.1, 0.15) is 5.69 Å². The molecule has 7 nitrogen and oxygen atoms in total. The molecule has 0 saturated heterocycles. The molecule has 0 bridgehead atoms. The van der Waals surface area contributed by atoms with E-state index < -0.39 is 21.8 Å². The Morgan fingerprint density at radius 2 is 2.07 bits per heavy atom. The first-order valence-corrected chi connectivity index (χ1v) is 5.56. The van der Waals surface area contributed by atoms with Gasteiger partial charge in [-0.05, 0) is 6.92 Å². The normalized spacial score (nSPS) is 11.0. The van der Waals surface area contributed by atoms with Crippen LogP contribution in [0, 0.1) is 6.92 Å². The van der Waals surface area contributed by atoms with Gasteiger partial charge in [0.2, 0.25) is 9.84 Å². The van der Waals surface area contributed by atoms with Crippen molar-refractivity contribution in [3.05, 3.63) is 18.1 Å². The number of hydrogen-bond donors (Lipinski definition) is 2. The lowest BCUT2D eigenvalue weighted by atomic mass is 10.5. The molecule has 0 radical (unpaired) electrons. The number of aromatic nitrogens is 2. The third kappa shape index (κ3) is 2.88. The third-order valence-corrected chi connectivity index (χ3v) is 3.06. The van der Waals surface area contributed by atoms with Crippen LogP contribution in [0.15, 0.2) is 17.4 Å². The van der Waals surface area contributed by atoms with Crippen molar-refractivity contribution in [1.29, 1.82) is 0 Å². The van der Waals surface area contributed by atoms with Crippen LogP contribution in [-0.4, -0.2) is 35.5 Å². The lowest BCUT2D eigenvalue weighted by Crippen LogP contribution is -2.28. The number of hydrogen-bond acceptors (Lipinski definition) is 5. The van der Waals surface area contributed by atoms with E-state index in [0.29, 0.717) is 0 Å². The summed E-state index contributed by atoms with van der Waals surface area (Å²) in [4.78, 5) is 17.6. The maximum absolute atomic E-state index is 11.5. The summed E-state index contributed by atoms with van der Waals surface area (Å²) in [5, 5.41) is 9.84.